The third-order valence-electron chi connectivity index (χ3n) is 3.65. The molecule has 0 saturated heterocycles. The van der Waals surface area contributed by atoms with Crippen LogP contribution < -0.4 is 0 Å². The van der Waals surface area contributed by atoms with E-state index in [4.69, 9.17) is 9.47 Å². The molecule has 1 fully saturated rings. The average Bonchev–Trinajstić information content (AvgIpc) is 2.94. The maximum absolute atomic E-state index is 12.0. The molecule has 106 valence electrons. The molecule has 1 aromatic heterocycles. The Balaban J connectivity index is 1.79. The van der Waals surface area contributed by atoms with Crippen LogP contribution in [-0.4, -0.2) is 31.7 Å². The smallest absolute Gasteiger partial charge is 0.198 e. The molecule has 0 N–H and O–H groups in total. The fourth-order valence-electron chi connectivity index (χ4n) is 2.45. The van der Waals surface area contributed by atoms with E-state index in [-0.39, 0.29) is 18.5 Å². The number of rotatable bonds is 6. The summed E-state index contributed by atoms with van der Waals surface area (Å²) in [4.78, 5) is 14.1. The summed E-state index contributed by atoms with van der Waals surface area (Å²) in [6.45, 7) is 2.30. The van der Waals surface area contributed by atoms with Gasteiger partial charge in [-0.3, -0.25) is 4.79 Å². The number of ketones is 1. The van der Waals surface area contributed by atoms with E-state index in [1.165, 1.54) is 4.88 Å². The van der Waals surface area contributed by atoms with Gasteiger partial charge in [0.2, 0.25) is 0 Å². The minimum Gasteiger partial charge on any atom is -0.381 e. The van der Waals surface area contributed by atoms with Gasteiger partial charge in [-0.1, -0.05) is 6.92 Å². The number of Topliss-reactive ketones (excluding diaryl/α,β-unsaturated/α-hetero) is 1. The molecule has 1 saturated carbocycles. The van der Waals surface area contributed by atoms with Gasteiger partial charge >= 0.3 is 0 Å². The van der Waals surface area contributed by atoms with Crippen molar-refractivity contribution < 1.29 is 14.3 Å². The second-order valence-corrected chi connectivity index (χ2v) is 6.17. The quantitative estimate of drug-likeness (QED) is 0.749. The molecule has 0 aliphatic heterocycles. The Labute approximate surface area is 118 Å². The monoisotopic (exact) mass is 282 g/mol. The SMILES string of the molecule is CCc1ccc(C(=O)COC2CCCC(OC)C2)s1. The van der Waals surface area contributed by atoms with Crippen LogP contribution in [0.4, 0.5) is 0 Å². The van der Waals surface area contributed by atoms with Gasteiger partial charge in [0, 0.05) is 12.0 Å². The van der Waals surface area contributed by atoms with Gasteiger partial charge in [-0.05, 0) is 44.2 Å². The third-order valence-corrected chi connectivity index (χ3v) is 4.92. The van der Waals surface area contributed by atoms with Crippen molar-refractivity contribution in [3.63, 3.8) is 0 Å². The van der Waals surface area contributed by atoms with Crippen LogP contribution >= 0.6 is 11.3 Å². The number of ether oxygens (including phenoxy) is 2. The molecule has 0 amide bonds. The van der Waals surface area contributed by atoms with Gasteiger partial charge < -0.3 is 9.47 Å². The van der Waals surface area contributed by atoms with E-state index in [0.29, 0.717) is 6.10 Å². The Hall–Kier alpha value is -0.710. The van der Waals surface area contributed by atoms with Gasteiger partial charge in [0.15, 0.2) is 5.78 Å². The van der Waals surface area contributed by atoms with Gasteiger partial charge in [0.05, 0.1) is 17.1 Å². The number of carbonyl (C=O) groups is 1. The van der Waals surface area contributed by atoms with Gasteiger partial charge in [-0.25, -0.2) is 0 Å². The van der Waals surface area contributed by atoms with Crippen molar-refractivity contribution >= 4 is 17.1 Å². The lowest BCUT2D eigenvalue weighted by Crippen LogP contribution is -2.29. The first kappa shape index (κ1) is 14.7. The van der Waals surface area contributed by atoms with E-state index in [1.807, 2.05) is 12.1 Å². The fourth-order valence-corrected chi connectivity index (χ4v) is 3.32. The summed E-state index contributed by atoms with van der Waals surface area (Å²) in [5, 5.41) is 0. The molecule has 1 aliphatic carbocycles. The van der Waals surface area contributed by atoms with Crippen LogP contribution in [0.1, 0.15) is 47.2 Å². The van der Waals surface area contributed by atoms with Crippen LogP contribution in [0, 0.1) is 0 Å². The highest BCUT2D eigenvalue weighted by Gasteiger charge is 2.23. The van der Waals surface area contributed by atoms with Crippen LogP contribution in [0.2, 0.25) is 0 Å². The van der Waals surface area contributed by atoms with Crippen molar-refractivity contribution in [2.75, 3.05) is 13.7 Å². The lowest BCUT2D eigenvalue weighted by atomic mass is 9.95. The van der Waals surface area contributed by atoms with E-state index < -0.39 is 0 Å². The predicted molar refractivity (Wildman–Crippen MR) is 77.0 cm³/mol. The zero-order valence-corrected chi connectivity index (χ0v) is 12.5. The summed E-state index contributed by atoms with van der Waals surface area (Å²) in [6, 6.07) is 3.94. The zero-order valence-electron chi connectivity index (χ0n) is 11.7. The van der Waals surface area contributed by atoms with Crippen LogP contribution in [0.25, 0.3) is 0 Å². The van der Waals surface area contributed by atoms with Crippen molar-refractivity contribution in [2.24, 2.45) is 0 Å². The van der Waals surface area contributed by atoms with E-state index in [2.05, 4.69) is 6.92 Å². The number of thiophene rings is 1. The first-order valence-electron chi connectivity index (χ1n) is 6.99. The lowest BCUT2D eigenvalue weighted by Gasteiger charge is -2.27. The largest absolute Gasteiger partial charge is 0.381 e. The molecular weight excluding hydrogens is 260 g/mol. The second kappa shape index (κ2) is 7.17. The third kappa shape index (κ3) is 4.13. The first-order chi connectivity index (χ1) is 9.22. The van der Waals surface area contributed by atoms with E-state index in [0.717, 1.165) is 37.0 Å². The maximum atomic E-state index is 12.0. The Bertz CT molecular complexity index is 413. The predicted octanol–water partition coefficient (Wildman–Crippen LogP) is 3.47. The molecule has 4 heteroatoms. The summed E-state index contributed by atoms with van der Waals surface area (Å²) in [5.74, 6) is 0.101. The molecule has 1 aromatic rings. The molecule has 0 spiro atoms. The van der Waals surface area contributed by atoms with Crippen LogP contribution in [0.5, 0.6) is 0 Å². The molecular formula is C15H22O3S. The van der Waals surface area contributed by atoms with E-state index >= 15 is 0 Å². The number of aryl methyl sites for hydroxylation is 1. The first-order valence-corrected chi connectivity index (χ1v) is 7.81. The van der Waals surface area contributed by atoms with Gasteiger partial charge in [-0.15, -0.1) is 11.3 Å². The van der Waals surface area contributed by atoms with Crippen molar-refractivity contribution in [1.82, 2.24) is 0 Å². The van der Waals surface area contributed by atoms with Gasteiger partial charge in [-0.2, -0.15) is 0 Å². The standard InChI is InChI=1S/C15H22O3S/c1-3-13-7-8-15(19-13)14(16)10-18-12-6-4-5-11(9-12)17-2/h7-8,11-12H,3-6,9-10H2,1-2H3. The van der Waals surface area contributed by atoms with Crippen molar-refractivity contribution in [2.45, 2.75) is 51.2 Å². The minimum absolute atomic E-state index is 0.101. The van der Waals surface area contributed by atoms with Gasteiger partial charge in [0.1, 0.15) is 6.61 Å². The highest BCUT2D eigenvalue weighted by Crippen LogP contribution is 2.24. The molecule has 1 heterocycles. The Morgan fingerprint density at radius 3 is 2.84 bits per heavy atom. The van der Waals surface area contributed by atoms with E-state index in [1.54, 1.807) is 18.4 Å². The highest BCUT2D eigenvalue weighted by molar-refractivity contribution is 7.14. The molecule has 2 atom stereocenters. The number of hydrogen-bond acceptors (Lipinski definition) is 4. The van der Waals surface area contributed by atoms with Crippen molar-refractivity contribution in [3.05, 3.63) is 21.9 Å². The summed E-state index contributed by atoms with van der Waals surface area (Å²) in [7, 11) is 1.75. The lowest BCUT2D eigenvalue weighted by molar-refractivity contribution is -0.0242. The normalized spacial score (nSPS) is 23.5. The van der Waals surface area contributed by atoms with Crippen LogP contribution in [0.15, 0.2) is 12.1 Å². The minimum atomic E-state index is 0.101. The molecule has 0 bridgehead atoms. The Kier molecular flexibility index (Phi) is 5.55. The Morgan fingerprint density at radius 2 is 2.16 bits per heavy atom. The fraction of sp³-hybridized carbons (Fsp3) is 0.667. The Morgan fingerprint density at radius 1 is 1.37 bits per heavy atom. The molecule has 2 unspecified atom stereocenters. The van der Waals surface area contributed by atoms with Gasteiger partial charge in [0.25, 0.3) is 0 Å². The topological polar surface area (TPSA) is 35.5 Å². The van der Waals surface area contributed by atoms with Crippen molar-refractivity contribution in [3.8, 4) is 0 Å². The summed E-state index contributed by atoms with van der Waals surface area (Å²) in [6.07, 6.45) is 5.63. The van der Waals surface area contributed by atoms with E-state index in [9.17, 15) is 4.79 Å². The second-order valence-electron chi connectivity index (χ2n) is 5.00. The number of hydrogen-bond donors (Lipinski definition) is 0. The van der Waals surface area contributed by atoms with Crippen LogP contribution in [0.3, 0.4) is 0 Å². The average molecular weight is 282 g/mol. The highest BCUT2D eigenvalue weighted by atomic mass is 32.1. The number of carbonyl (C=O) groups excluding carboxylic acids is 1. The molecule has 0 radical (unpaired) electrons. The molecule has 19 heavy (non-hydrogen) atoms. The summed E-state index contributed by atoms with van der Waals surface area (Å²) in [5.41, 5.74) is 0. The molecule has 3 nitrogen and oxygen atoms in total. The molecule has 1 aliphatic rings. The van der Waals surface area contributed by atoms with Crippen LogP contribution in [-0.2, 0) is 15.9 Å². The zero-order chi connectivity index (χ0) is 13.7. The summed E-state index contributed by atoms with van der Waals surface area (Å²) < 4.78 is 11.1. The summed E-state index contributed by atoms with van der Waals surface area (Å²) >= 11 is 1.58. The van der Waals surface area contributed by atoms with Crippen molar-refractivity contribution in [1.29, 1.82) is 0 Å². The maximum Gasteiger partial charge on any atom is 0.198 e. The molecule has 2 rings (SSSR count). The molecule has 0 aromatic carbocycles. The number of methoxy groups -OCH3 is 1.